The highest BCUT2D eigenvalue weighted by Crippen LogP contribution is 2.19. The van der Waals surface area contributed by atoms with Gasteiger partial charge in [-0.3, -0.25) is 4.72 Å². The number of likely N-dealkylation sites (N-methyl/N-ethyl adjacent to an activating group) is 1. The minimum Gasteiger partial charge on any atom is -0.387 e. The lowest BCUT2D eigenvalue weighted by Gasteiger charge is -2.18. The van der Waals surface area contributed by atoms with Gasteiger partial charge in [0.25, 0.3) is 0 Å². The summed E-state index contributed by atoms with van der Waals surface area (Å²) in [6.07, 6.45) is 0.478. The summed E-state index contributed by atoms with van der Waals surface area (Å²) in [5, 5.41) is 12.9. The predicted molar refractivity (Wildman–Crippen MR) is 75.6 cm³/mol. The van der Waals surface area contributed by atoms with Crippen LogP contribution in [0.3, 0.4) is 0 Å². The molecule has 18 heavy (non-hydrogen) atoms. The number of halogens is 1. The van der Waals surface area contributed by atoms with Gasteiger partial charge in [0.2, 0.25) is 10.0 Å². The van der Waals surface area contributed by atoms with Crippen LogP contribution in [0, 0.1) is 0 Å². The van der Waals surface area contributed by atoms with Crippen molar-refractivity contribution < 1.29 is 13.5 Å². The predicted octanol–water partition coefficient (Wildman–Crippen LogP) is 1.12. The molecule has 0 aliphatic rings. The molecule has 0 aliphatic heterocycles. The molecule has 1 aromatic rings. The molecule has 0 fully saturated rings. The summed E-state index contributed by atoms with van der Waals surface area (Å²) in [7, 11) is -1.48. The van der Waals surface area contributed by atoms with Crippen molar-refractivity contribution in [3.63, 3.8) is 0 Å². The summed E-state index contributed by atoms with van der Waals surface area (Å²) in [4.78, 5) is 0. The fourth-order valence-electron chi connectivity index (χ4n) is 1.41. The highest BCUT2D eigenvalue weighted by atomic mass is 35.5. The third-order valence-corrected chi connectivity index (χ3v) is 3.09. The molecule has 0 saturated heterocycles. The second-order valence-corrected chi connectivity index (χ2v) is 5.77. The van der Waals surface area contributed by atoms with E-state index in [1.54, 1.807) is 31.3 Å². The smallest absolute Gasteiger partial charge is 0.229 e. The van der Waals surface area contributed by atoms with Crippen LogP contribution in [-0.2, 0) is 10.0 Å². The molecule has 1 aromatic carbocycles. The number of benzene rings is 1. The summed E-state index contributed by atoms with van der Waals surface area (Å²) in [5.74, 6) is 0. The standard InChI is InChI=1S/C11H18N2O3S.ClH/c1-8(12-2)11(14)9-4-6-10(7-5-9)13-17(3,15)16;/h4-8,11-14H,1-3H3;1H. The molecule has 0 saturated carbocycles. The van der Waals surface area contributed by atoms with Gasteiger partial charge in [-0.1, -0.05) is 12.1 Å². The molecule has 0 bridgehead atoms. The Morgan fingerprint density at radius 2 is 1.72 bits per heavy atom. The molecule has 0 amide bonds. The quantitative estimate of drug-likeness (QED) is 0.760. The van der Waals surface area contributed by atoms with Gasteiger partial charge < -0.3 is 10.4 Å². The van der Waals surface area contributed by atoms with Gasteiger partial charge in [-0.05, 0) is 31.7 Å². The lowest BCUT2D eigenvalue weighted by Crippen LogP contribution is -2.28. The monoisotopic (exact) mass is 294 g/mol. The van der Waals surface area contributed by atoms with Crippen molar-refractivity contribution in [1.82, 2.24) is 5.32 Å². The van der Waals surface area contributed by atoms with Crippen molar-refractivity contribution in [3.8, 4) is 0 Å². The summed E-state index contributed by atoms with van der Waals surface area (Å²) in [6, 6.07) is 6.59. The van der Waals surface area contributed by atoms with E-state index in [-0.39, 0.29) is 18.4 Å². The first-order chi connectivity index (χ1) is 7.83. The van der Waals surface area contributed by atoms with Crippen LogP contribution in [0.25, 0.3) is 0 Å². The number of hydrogen-bond donors (Lipinski definition) is 3. The van der Waals surface area contributed by atoms with Crippen LogP contribution in [0.5, 0.6) is 0 Å². The molecular formula is C11H19ClN2O3S. The number of hydrogen-bond acceptors (Lipinski definition) is 4. The minimum absolute atomic E-state index is 0. The maximum absolute atomic E-state index is 11.0. The Morgan fingerprint density at radius 3 is 2.11 bits per heavy atom. The van der Waals surface area contributed by atoms with Gasteiger partial charge >= 0.3 is 0 Å². The van der Waals surface area contributed by atoms with Crippen molar-refractivity contribution in [2.45, 2.75) is 19.1 Å². The van der Waals surface area contributed by atoms with Crippen molar-refractivity contribution in [1.29, 1.82) is 0 Å². The normalized spacial score (nSPS) is 14.4. The zero-order valence-electron chi connectivity index (χ0n) is 10.5. The number of rotatable bonds is 5. The van der Waals surface area contributed by atoms with Crippen LogP contribution in [0.15, 0.2) is 24.3 Å². The zero-order valence-corrected chi connectivity index (χ0v) is 12.2. The molecule has 0 heterocycles. The van der Waals surface area contributed by atoms with Crippen molar-refractivity contribution in [3.05, 3.63) is 29.8 Å². The van der Waals surface area contributed by atoms with E-state index in [9.17, 15) is 13.5 Å². The Morgan fingerprint density at radius 1 is 1.22 bits per heavy atom. The van der Waals surface area contributed by atoms with Crippen LogP contribution < -0.4 is 10.0 Å². The Kier molecular flexibility index (Phi) is 6.62. The van der Waals surface area contributed by atoms with Gasteiger partial charge in [-0.25, -0.2) is 8.42 Å². The van der Waals surface area contributed by atoms with Gasteiger partial charge in [-0.15, -0.1) is 12.4 Å². The highest BCUT2D eigenvalue weighted by molar-refractivity contribution is 7.92. The van der Waals surface area contributed by atoms with Gasteiger partial charge in [-0.2, -0.15) is 0 Å². The number of anilines is 1. The molecule has 0 aromatic heterocycles. The van der Waals surface area contributed by atoms with E-state index in [0.29, 0.717) is 5.69 Å². The second-order valence-electron chi connectivity index (χ2n) is 4.02. The molecule has 0 radical (unpaired) electrons. The van der Waals surface area contributed by atoms with Crippen molar-refractivity contribution in [2.75, 3.05) is 18.0 Å². The van der Waals surface area contributed by atoms with E-state index in [1.807, 2.05) is 6.92 Å². The molecule has 2 unspecified atom stereocenters. The van der Waals surface area contributed by atoms with Gasteiger partial charge in [0, 0.05) is 11.7 Å². The van der Waals surface area contributed by atoms with Crippen LogP contribution in [0.1, 0.15) is 18.6 Å². The Bertz CT molecular complexity index is 462. The number of aliphatic hydroxyl groups excluding tert-OH is 1. The van der Waals surface area contributed by atoms with Gasteiger partial charge in [0.05, 0.1) is 12.4 Å². The molecule has 104 valence electrons. The Labute approximate surface area is 114 Å². The van der Waals surface area contributed by atoms with E-state index in [1.165, 1.54) is 0 Å². The molecular weight excluding hydrogens is 276 g/mol. The molecule has 3 N–H and O–H groups in total. The molecule has 0 spiro atoms. The van der Waals surface area contributed by atoms with Gasteiger partial charge in [0.15, 0.2) is 0 Å². The maximum atomic E-state index is 11.0. The summed E-state index contributed by atoms with van der Waals surface area (Å²) in [5.41, 5.74) is 1.23. The van der Waals surface area contributed by atoms with Crippen LogP contribution in [0.4, 0.5) is 5.69 Å². The Hall–Kier alpha value is -0.820. The average Bonchev–Trinajstić information content (AvgIpc) is 2.26. The van der Waals surface area contributed by atoms with Crippen molar-refractivity contribution >= 4 is 28.1 Å². The topological polar surface area (TPSA) is 78.4 Å². The minimum atomic E-state index is -3.26. The van der Waals surface area contributed by atoms with Crippen LogP contribution in [0.2, 0.25) is 0 Å². The van der Waals surface area contributed by atoms with E-state index >= 15 is 0 Å². The summed E-state index contributed by atoms with van der Waals surface area (Å²) < 4.78 is 24.4. The number of nitrogens with one attached hydrogen (secondary N) is 2. The first-order valence-electron chi connectivity index (χ1n) is 5.26. The molecule has 1 rings (SSSR count). The molecule has 2 atom stereocenters. The SMILES string of the molecule is CNC(C)C(O)c1ccc(NS(C)(=O)=O)cc1.Cl. The van der Waals surface area contributed by atoms with E-state index < -0.39 is 16.1 Å². The average molecular weight is 295 g/mol. The Balaban J connectivity index is 0.00000289. The number of aliphatic hydroxyl groups is 1. The second kappa shape index (κ2) is 6.94. The number of sulfonamides is 1. The van der Waals surface area contributed by atoms with E-state index in [0.717, 1.165) is 11.8 Å². The molecule has 5 nitrogen and oxygen atoms in total. The van der Waals surface area contributed by atoms with Crippen LogP contribution >= 0.6 is 12.4 Å². The largest absolute Gasteiger partial charge is 0.387 e. The lowest BCUT2D eigenvalue weighted by molar-refractivity contribution is 0.140. The maximum Gasteiger partial charge on any atom is 0.229 e. The lowest BCUT2D eigenvalue weighted by atomic mass is 10.0. The fraction of sp³-hybridized carbons (Fsp3) is 0.455. The zero-order chi connectivity index (χ0) is 13.1. The summed E-state index contributed by atoms with van der Waals surface area (Å²) >= 11 is 0. The van der Waals surface area contributed by atoms with Gasteiger partial charge in [0.1, 0.15) is 0 Å². The van der Waals surface area contributed by atoms with E-state index in [4.69, 9.17) is 0 Å². The molecule has 7 heteroatoms. The first kappa shape index (κ1) is 17.2. The molecule has 0 aliphatic carbocycles. The van der Waals surface area contributed by atoms with Crippen LogP contribution in [-0.4, -0.2) is 32.9 Å². The van der Waals surface area contributed by atoms with Crippen molar-refractivity contribution in [2.24, 2.45) is 0 Å². The summed E-state index contributed by atoms with van der Waals surface area (Å²) in [6.45, 7) is 1.87. The first-order valence-corrected chi connectivity index (χ1v) is 7.15. The third-order valence-electron chi connectivity index (χ3n) is 2.48. The van der Waals surface area contributed by atoms with E-state index in [2.05, 4.69) is 10.0 Å². The third kappa shape index (κ3) is 5.22. The highest BCUT2D eigenvalue weighted by Gasteiger charge is 2.14. The fourth-order valence-corrected chi connectivity index (χ4v) is 1.97.